The lowest BCUT2D eigenvalue weighted by Gasteiger charge is -2.09. The molecular formula is C16H16N4. The molecule has 0 aliphatic heterocycles. The summed E-state index contributed by atoms with van der Waals surface area (Å²) in [5, 5.41) is 4.31. The number of nitrogens with zero attached hydrogens (tertiary/aromatic N) is 2. The van der Waals surface area contributed by atoms with Crippen LogP contribution in [0.5, 0.6) is 0 Å². The highest BCUT2D eigenvalue weighted by molar-refractivity contribution is 5.92. The molecule has 0 aliphatic rings. The molecule has 0 amide bonds. The predicted molar refractivity (Wildman–Crippen MR) is 83.1 cm³/mol. The van der Waals surface area contributed by atoms with Gasteiger partial charge in [0.1, 0.15) is 12.1 Å². The van der Waals surface area contributed by atoms with Crippen LogP contribution in [0.1, 0.15) is 12.5 Å². The number of hydrogen-bond acceptors (Lipinski definition) is 4. The number of hydrogen-bond donors (Lipinski definition) is 2. The maximum Gasteiger partial charge on any atom is 0.141 e. The van der Waals surface area contributed by atoms with Crippen LogP contribution in [0.2, 0.25) is 0 Å². The van der Waals surface area contributed by atoms with Crippen molar-refractivity contribution in [2.45, 2.75) is 13.3 Å². The molecular weight excluding hydrogens is 248 g/mol. The third-order valence-electron chi connectivity index (χ3n) is 3.26. The lowest BCUT2D eigenvalue weighted by atomic mass is 10.1. The van der Waals surface area contributed by atoms with Gasteiger partial charge >= 0.3 is 0 Å². The zero-order chi connectivity index (χ0) is 13.9. The smallest absolute Gasteiger partial charge is 0.141 e. The van der Waals surface area contributed by atoms with Crippen LogP contribution in [0.25, 0.3) is 10.9 Å². The van der Waals surface area contributed by atoms with Crippen molar-refractivity contribution in [3.63, 3.8) is 0 Å². The van der Waals surface area contributed by atoms with E-state index in [0.29, 0.717) is 5.69 Å². The molecule has 1 aromatic heterocycles. The molecule has 0 aliphatic carbocycles. The summed E-state index contributed by atoms with van der Waals surface area (Å²) in [4.78, 5) is 8.57. The molecule has 2 aromatic carbocycles. The third kappa shape index (κ3) is 2.40. The summed E-state index contributed by atoms with van der Waals surface area (Å²) in [5.41, 5.74) is 9.65. The van der Waals surface area contributed by atoms with Crippen LogP contribution in [0.3, 0.4) is 0 Å². The summed E-state index contributed by atoms with van der Waals surface area (Å²) in [6, 6.07) is 14.0. The Hall–Kier alpha value is -2.62. The Balaban J connectivity index is 2.02. The zero-order valence-electron chi connectivity index (χ0n) is 11.3. The summed E-state index contributed by atoms with van der Waals surface area (Å²) in [5.74, 6) is 0.795. The molecule has 0 saturated heterocycles. The fourth-order valence-corrected chi connectivity index (χ4v) is 2.18. The maximum absolute atomic E-state index is 5.78. The number of nitrogens with one attached hydrogen (secondary N) is 1. The van der Waals surface area contributed by atoms with Gasteiger partial charge in [-0.05, 0) is 42.3 Å². The van der Waals surface area contributed by atoms with Crippen molar-refractivity contribution >= 4 is 28.1 Å². The van der Waals surface area contributed by atoms with Crippen LogP contribution in [0, 0.1) is 0 Å². The van der Waals surface area contributed by atoms with Crippen molar-refractivity contribution < 1.29 is 0 Å². The van der Waals surface area contributed by atoms with Gasteiger partial charge < -0.3 is 11.1 Å². The van der Waals surface area contributed by atoms with Gasteiger partial charge in [-0.3, -0.25) is 0 Å². The summed E-state index contributed by atoms with van der Waals surface area (Å²) in [7, 11) is 0. The minimum Gasteiger partial charge on any atom is -0.399 e. The monoisotopic (exact) mass is 264 g/mol. The molecule has 4 nitrogen and oxygen atoms in total. The molecule has 0 spiro atoms. The first-order valence-corrected chi connectivity index (χ1v) is 6.62. The van der Waals surface area contributed by atoms with E-state index < -0.39 is 0 Å². The molecule has 100 valence electrons. The van der Waals surface area contributed by atoms with Crippen LogP contribution in [-0.4, -0.2) is 9.97 Å². The number of nitrogens with two attached hydrogens (primary N) is 1. The molecule has 0 fully saturated rings. The molecule has 1 heterocycles. The van der Waals surface area contributed by atoms with Crippen LogP contribution in [-0.2, 0) is 6.42 Å². The molecule has 20 heavy (non-hydrogen) atoms. The van der Waals surface area contributed by atoms with Gasteiger partial charge in [0.25, 0.3) is 0 Å². The normalized spacial score (nSPS) is 10.7. The Morgan fingerprint density at radius 3 is 2.85 bits per heavy atom. The Morgan fingerprint density at radius 1 is 1.10 bits per heavy atom. The largest absolute Gasteiger partial charge is 0.399 e. The van der Waals surface area contributed by atoms with Gasteiger partial charge in [-0.15, -0.1) is 0 Å². The number of fused-ring (bicyclic) bond motifs is 1. The number of rotatable bonds is 3. The predicted octanol–water partition coefficient (Wildman–Crippen LogP) is 3.52. The van der Waals surface area contributed by atoms with E-state index in [9.17, 15) is 0 Å². The fourth-order valence-electron chi connectivity index (χ4n) is 2.18. The summed E-state index contributed by atoms with van der Waals surface area (Å²) < 4.78 is 0. The number of aryl methyl sites for hydroxylation is 1. The van der Waals surface area contributed by atoms with E-state index in [1.807, 2.05) is 30.3 Å². The van der Waals surface area contributed by atoms with E-state index in [1.54, 1.807) is 6.33 Å². The highest BCUT2D eigenvalue weighted by atomic mass is 15.0. The molecule has 0 bridgehead atoms. The van der Waals surface area contributed by atoms with Gasteiger partial charge in [0.2, 0.25) is 0 Å². The molecule has 3 rings (SSSR count). The maximum atomic E-state index is 5.78. The topological polar surface area (TPSA) is 63.8 Å². The number of benzene rings is 2. The van der Waals surface area contributed by atoms with E-state index >= 15 is 0 Å². The van der Waals surface area contributed by atoms with E-state index in [4.69, 9.17) is 5.73 Å². The Labute approximate surface area is 117 Å². The molecule has 3 aromatic rings. The SMILES string of the molecule is CCc1cccc(Nc2ncnc3cc(N)ccc23)c1. The molecule has 0 atom stereocenters. The quantitative estimate of drug-likeness (QED) is 0.710. The number of anilines is 3. The Kier molecular flexibility index (Phi) is 3.21. The van der Waals surface area contributed by atoms with Crippen molar-refractivity contribution in [1.82, 2.24) is 9.97 Å². The highest BCUT2D eigenvalue weighted by Gasteiger charge is 2.04. The highest BCUT2D eigenvalue weighted by Crippen LogP contribution is 2.24. The van der Waals surface area contributed by atoms with Gasteiger partial charge in [0, 0.05) is 16.8 Å². The first kappa shape index (κ1) is 12.4. The van der Waals surface area contributed by atoms with Gasteiger partial charge in [-0.1, -0.05) is 19.1 Å². The number of aromatic nitrogens is 2. The van der Waals surface area contributed by atoms with Gasteiger partial charge in [0.05, 0.1) is 5.52 Å². The van der Waals surface area contributed by atoms with Crippen molar-refractivity contribution in [1.29, 1.82) is 0 Å². The zero-order valence-corrected chi connectivity index (χ0v) is 11.3. The van der Waals surface area contributed by atoms with Crippen LogP contribution in [0.4, 0.5) is 17.2 Å². The lowest BCUT2D eigenvalue weighted by Crippen LogP contribution is -1.97. The standard InChI is InChI=1S/C16H16N4/c1-2-11-4-3-5-13(8-11)20-16-14-7-6-12(17)9-15(14)18-10-19-16/h3-10H,2,17H2,1H3,(H,18,19,20). The number of nitrogen functional groups attached to an aromatic ring is 1. The van der Waals surface area contributed by atoms with E-state index in [2.05, 4.69) is 34.3 Å². The van der Waals surface area contributed by atoms with Crippen LogP contribution in [0.15, 0.2) is 48.8 Å². The second-order valence-electron chi connectivity index (χ2n) is 4.68. The second-order valence-corrected chi connectivity index (χ2v) is 4.68. The van der Waals surface area contributed by atoms with Crippen molar-refractivity contribution in [2.24, 2.45) is 0 Å². The van der Waals surface area contributed by atoms with Gasteiger partial charge in [-0.25, -0.2) is 9.97 Å². The first-order chi connectivity index (χ1) is 9.76. The molecule has 4 heteroatoms. The van der Waals surface area contributed by atoms with Crippen molar-refractivity contribution in [2.75, 3.05) is 11.1 Å². The summed E-state index contributed by atoms with van der Waals surface area (Å²) in [6.45, 7) is 2.14. The third-order valence-corrected chi connectivity index (χ3v) is 3.26. The van der Waals surface area contributed by atoms with E-state index in [0.717, 1.165) is 28.8 Å². The second kappa shape index (κ2) is 5.17. The van der Waals surface area contributed by atoms with Crippen LogP contribution < -0.4 is 11.1 Å². The molecule has 0 saturated carbocycles. The van der Waals surface area contributed by atoms with E-state index in [1.165, 1.54) is 5.56 Å². The molecule has 0 radical (unpaired) electrons. The fraction of sp³-hybridized carbons (Fsp3) is 0.125. The average molecular weight is 264 g/mol. The van der Waals surface area contributed by atoms with Gasteiger partial charge in [-0.2, -0.15) is 0 Å². The summed E-state index contributed by atoms with van der Waals surface area (Å²) in [6.07, 6.45) is 2.56. The van der Waals surface area contributed by atoms with Crippen molar-refractivity contribution in [3.8, 4) is 0 Å². The van der Waals surface area contributed by atoms with Crippen molar-refractivity contribution in [3.05, 3.63) is 54.4 Å². The summed E-state index contributed by atoms with van der Waals surface area (Å²) >= 11 is 0. The van der Waals surface area contributed by atoms with Gasteiger partial charge in [0.15, 0.2) is 0 Å². The molecule has 0 unspecified atom stereocenters. The minimum absolute atomic E-state index is 0.704. The Bertz CT molecular complexity index is 752. The first-order valence-electron chi connectivity index (χ1n) is 6.62. The van der Waals surface area contributed by atoms with E-state index in [-0.39, 0.29) is 0 Å². The Morgan fingerprint density at radius 2 is 2.00 bits per heavy atom. The molecule has 3 N–H and O–H groups in total. The minimum atomic E-state index is 0.704. The average Bonchev–Trinajstić information content (AvgIpc) is 2.47. The van der Waals surface area contributed by atoms with Crippen LogP contribution >= 0.6 is 0 Å². The lowest BCUT2D eigenvalue weighted by molar-refractivity contribution is 1.14.